The average molecular weight is 395 g/mol. The fraction of sp³-hybridized carbons (Fsp3) is 0.636. The number of hydrogen-bond donors (Lipinski definition) is 0. The highest BCUT2D eigenvalue weighted by molar-refractivity contribution is 6.20. The normalized spacial score (nSPS) is 19.5. The minimum absolute atomic E-state index is 0.0551. The molecule has 0 amide bonds. The smallest absolute Gasteiger partial charge is 0.339 e. The van der Waals surface area contributed by atoms with Crippen LogP contribution in [0.1, 0.15) is 85.4 Å². The third kappa shape index (κ3) is 7.17. The van der Waals surface area contributed by atoms with Gasteiger partial charge in [0, 0.05) is 11.3 Å². The molecule has 2 unspecified atom stereocenters. The van der Waals surface area contributed by atoms with Crippen molar-refractivity contribution in [1.29, 1.82) is 0 Å². The van der Waals surface area contributed by atoms with Gasteiger partial charge < -0.3 is 9.47 Å². The van der Waals surface area contributed by atoms with Gasteiger partial charge in [-0.1, -0.05) is 57.6 Å². The van der Waals surface area contributed by atoms with Crippen molar-refractivity contribution >= 4 is 23.5 Å². The van der Waals surface area contributed by atoms with Crippen molar-refractivity contribution in [2.24, 2.45) is 5.92 Å². The minimum atomic E-state index is -0.486. The number of unbranched alkanes of at least 4 members (excludes halogenated alkanes) is 4. The first kappa shape index (κ1) is 21.7. The first-order chi connectivity index (χ1) is 13.1. The zero-order chi connectivity index (χ0) is 19.5. The van der Waals surface area contributed by atoms with Crippen molar-refractivity contribution in [3.8, 4) is 0 Å². The maximum Gasteiger partial charge on any atom is 0.339 e. The topological polar surface area (TPSA) is 52.6 Å². The molecular formula is C22H31ClO4. The van der Waals surface area contributed by atoms with Crippen LogP contribution in [0, 0.1) is 5.92 Å². The lowest BCUT2D eigenvalue weighted by atomic mass is 9.89. The molecule has 1 aliphatic carbocycles. The fourth-order valence-electron chi connectivity index (χ4n) is 3.40. The van der Waals surface area contributed by atoms with Crippen LogP contribution in [0.3, 0.4) is 0 Å². The molecule has 1 aromatic rings. The Balaban J connectivity index is 1.85. The van der Waals surface area contributed by atoms with Gasteiger partial charge in [0.15, 0.2) is 0 Å². The Morgan fingerprint density at radius 1 is 0.963 bits per heavy atom. The standard InChI is InChI=1S/C22H31ClO4/c1-2-3-4-5-10-15-26-21(24)18-12-7-8-13-19(18)22(25)27-16-17-11-6-9-14-20(17)23/h7-8,12-13,17,20H,2-6,9-11,14-16H2,1H3. The number of halogens is 1. The molecule has 1 aromatic carbocycles. The molecular weight excluding hydrogens is 364 g/mol. The summed E-state index contributed by atoms with van der Waals surface area (Å²) in [4.78, 5) is 24.9. The average Bonchev–Trinajstić information content (AvgIpc) is 2.69. The van der Waals surface area contributed by atoms with Gasteiger partial charge in [-0.3, -0.25) is 0 Å². The molecule has 1 aliphatic rings. The van der Waals surface area contributed by atoms with Crippen LogP contribution in [0.4, 0.5) is 0 Å². The Morgan fingerprint density at radius 2 is 1.59 bits per heavy atom. The molecule has 0 saturated heterocycles. The Morgan fingerprint density at radius 3 is 2.26 bits per heavy atom. The molecule has 0 aliphatic heterocycles. The van der Waals surface area contributed by atoms with Gasteiger partial charge in [0.1, 0.15) is 0 Å². The predicted molar refractivity (Wildman–Crippen MR) is 107 cm³/mol. The van der Waals surface area contributed by atoms with E-state index in [0.29, 0.717) is 13.2 Å². The number of alkyl halides is 1. The fourth-order valence-corrected chi connectivity index (χ4v) is 3.75. The summed E-state index contributed by atoms with van der Waals surface area (Å²) in [5, 5.41) is 0.0551. The van der Waals surface area contributed by atoms with Gasteiger partial charge in [-0.15, -0.1) is 11.6 Å². The number of ether oxygens (including phenoxy) is 2. The third-order valence-corrected chi connectivity index (χ3v) is 5.67. The molecule has 27 heavy (non-hydrogen) atoms. The van der Waals surface area contributed by atoms with Crippen LogP contribution in [0.25, 0.3) is 0 Å². The van der Waals surface area contributed by atoms with Gasteiger partial charge in [0.05, 0.1) is 24.3 Å². The van der Waals surface area contributed by atoms with Crippen LogP contribution in [0.15, 0.2) is 24.3 Å². The lowest BCUT2D eigenvalue weighted by molar-refractivity contribution is 0.0393. The van der Waals surface area contributed by atoms with Crippen molar-refractivity contribution in [1.82, 2.24) is 0 Å². The number of esters is 2. The quantitative estimate of drug-likeness (QED) is 0.287. The zero-order valence-electron chi connectivity index (χ0n) is 16.3. The Hall–Kier alpha value is -1.55. The third-order valence-electron chi connectivity index (χ3n) is 5.09. The summed E-state index contributed by atoms with van der Waals surface area (Å²) in [6.45, 7) is 2.84. The van der Waals surface area contributed by atoms with E-state index in [1.165, 1.54) is 12.8 Å². The largest absolute Gasteiger partial charge is 0.462 e. The van der Waals surface area contributed by atoms with Crippen molar-refractivity contribution in [2.75, 3.05) is 13.2 Å². The molecule has 0 radical (unpaired) electrons. The molecule has 0 heterocycles. The summed E-state index contributed by atoms with van der Waals surface area (Å²) >= 11 is 6.33. The zero-order valence-corrected chi connectivity index (χ0v) is 17.0. The second-order valence-corrected chi connectivity index (χ2v) is 7.82. The van der Waals surface area contributed by atoms with E-state index in [1.54, 1.807) is 24.3 Å². The highest BCUT2D eigenvalue weighted by Crippen LogP contribution is 2.29. The summed E-state index contributed by atoms with van der Waals surface area (Å²) < 4.78 is 10.8. The Kier molecular flexibility index (Phi) is 9.68. The minimum Gasteiger partial charge on any atom is -0.462 e. The first-order valence-corrected chi connectivity index (χ1v) is 10.6. The van der Waals surface area contributed by atoms with Crippen LogP contribution >= 0.6 is 11.6 Å². The number of carbonyl (C=O) groups excluding carboxylic acids is 2. The number of rotatable bonds is 10. The van der Waals surface area contributed by atoms with Gasteiger partial charge in [-0.25, -0.2) is 9.59 Å². The number of hydrogen-bond acceptors (Lipinski definition) is 4. The predicted octanol–water partition coefficient (Wildman–Crippen LogP) is 5.77. The van der Waals surface area contributed by atoms with E-state index < -0.39 is 11.9 Å². The van der Waals surface area contributed by atoms with E-state index in [2.05, 4.69) is 6.92 Å². The number of benzene rings is 1. The first-order valence-electron chi connectivity index (χ1n) is 10.2. The molecule has 4 nitrogen and oxygen atoms in total. The van der Waals surface area contributed by atoms with Crippen LogP contribution < -0.4 is 0 Å². The van der Waals surface area contributed by atoms with Gasteiger partial charge >= 0.3 is 11.9 Å². The summed E-state index contributed by atoms with van der Waals surface area (Å²) in [5.74, 6) is -0.766. The molecule has 0 bridgehead atoms. The molecule has 0 N–H and O–H groups in total. The monoisotopic (exact) mass is 394 g/mol. The molecule has 150 valence electrons. The lowest BCUT2D eigenvalue weighted by Gasteiger charge is -2.26. The molecule has 2 atom stereocenters. The Bertz CT molecular complexity index is 602. The molecule has 0 spiro atoms. The summed E-state index contributed by atoms with van der Waals surface area (Å²) in [6.07, 6.45) is 9.61. The van der Waals surface area contributed by atoms with E-state index in [0.717, 1.165) is 44.9 Å². The Labute approximate surface area is 167 Å². The van der Waals surface area contributed by atoms with Crippen LogP contribution in [-0.4, -0.2) is 30.5 Å². The van der Waals surface area contributed by atoms with E-state index in [9.17, 15) is 9.59 Å². The molecule has 2 rings (SSSR count). The van der Waals surface area contributed by atoms with Gasteiger partial charge in [-0.05, 0) is 31.4 Å². The number of carbonyl (C=O) groups is 2. The second-order valence-electron chi connectivity index (χ2n) is 7.25. The van der Waals surface area contributed by atoms with Gasteiger partial charge in [0.25, 0.3) is 0 Å². The van der Waals surface area contributed by atoms with Crippen molar-refractivity contribution in [2.45, 2.75) is 70.1 Å². The van der Waals surface area contributed by atoms with Crippen molar-refractivity contribution < 1.29 is 19.1 Å². The summed E-state index contributed by atoms with van der Waals surface area (Å²) in [5.41, 5.74) is 0.526. The SMILES string of the molecule is CCCCCCCOC(=O)c1ccccc1C(=O)OCC1CCCCC1Cl. The summed E-state index contributed by atoms with van der Waals surface area (Å²) in [7, 11) is 0. The van der Waals surface area contributed by atoms with Crippen LogP contribution in [-0.2, 0) is 9.47 Å². The lowest BCUT2D eigenvalue weighted by Crippen LogP contribution is -2.26. The van der Waals surface area contributed by atoms with E-state index in [1.807, 2.05) is 0 Å². The van der Waals surface area contributed by atoms with E-state index >= 15 is 0 Å². The maximum atomic E-state index is 12.5. The molecule has 0 aromatic heterocycles. The van der Waals surface area contributed by atoms with Crippen molar-refractivity contribution in [3.05, 3.63) is 35.4 Å². The van der Waals surface area contributed by atoms with E-state index in [4.69, 9.17) is 21.1 Å². The van der Waals surface area contributed by atoms with Gasteiger partial charge in [-0.2, -0.15) is 0 Å². The van der Waals surface area contributed by atoms with Crippen LogP contribution in [0.5, 0.6) is 0 Å². The molecule has 5 heteroatoms. The highest BCUT2D eigenvalue weighted by Gasteiger charge is 2.26. The van der Waals surface area contributed by atoms with Gasteiger partial charge in [0.2, 0.25) is 0 Å². The molecule has 1 saturated carbocycles. The van der Waals surface area contributed by atoms with Crippen LogP contribution in [0.2, 0.25) is 0 Å². The van der Waals surface area contributed by atoms with E-state index in [-0.39, 0.29) is 22.4 Å². The molecule has 1 fully saturated rings. The van der Waals surface area contributed by atoms with Crippen molar-refractivity contribution in [3.63, 3.8) is 0 Å². The summed E-state index contributed by atoms with van der Waals surface area (Å²) in [6, 6.07) is 6.67. The second kappa shape index (κ2) is 12.0. The maximum absolute atomic E-state index is 12.5. The highest BCUT2D eigenvalue weighted by atomic mass is 35.5.